The van der Waals surface area contributed by atoms with Gasteiger partial charge in [0.2, 0.25) is 0 Å². The Balaban J connectivity index is 2.27. The lowest BCUT2D eigenvalue weighted by molar-refractivity contribution is 0.0400. The van der Waals surface area contributed by atoms with E-state index in [-0.39, 0.29) is 12.5 Å². The van der Waals surface area contributed by atoms with Crippen molar-refractivity contribution in [2.75, 3.05) is 6.61 Å². The highest BCUT2D eigenvalue weighted by molar-refractivity contribution is 5.63. The van der Waals surface area contributed by atoms with E-state index in [1.807, 2.05) is 30.3 Å². The Kier molecular flexibility index (Phi) is 4.58. The van der Waals surface area contributed by atoms with E-state index in [0.29, 0.717) is 6.42 Å². The normalized spacial score (nSPS) is 13.2. The summed E-state index contributed by atoms with van der Waals surface area (Å²) in [5, 5.41) is 19.4. The molecule has 0 aliphatic carbocycles. The molecule has 2 aromatic carbocycles. The second kappa shape index (κ2) is 6.21. The molecule has 2 rings (SSSR count). The van der Waals surface area contributed by atoms with Gasteiger partial charge in [-0.2, -0.15) is 0 Å². The van der Waals surface area contributed by atoms with Gasteiger partial charge in [0.05, 0.1) is 5.60 Å². The molecule has 106 valence electrons. The Morgan fingerprint density at radius 1 is 0.900 bits per heavy atom. The van der Waals surface area contributed by atoms with E-state index < -0.39 is 5.60 Å². The van der Waals surface area contributed by atoms with E-state index >= 15 is 0 Å². The predicted octanol–water partition coefficient (Wildman–Crippen LogP) is 3.59. The molecule has 1 unspecified atom stereocenters. The zero-order chi connectivity index (χ0) is 14.6. The zero-order valence-electron chi connectivity index (χ0n) is 12.1. The SMILES string of the molecule is CC(C)(O)C(CCO)c1ccc(-c2ccccc2)cc1. The van der Waals surface area contributed by atoms with E-state index in [1.54, 1.807) is 13.8 Å². The summed E-state index contributed by atoms with van der Waals surface area (Å²) < 4.78 is 0. The second-order valence-corrected chi connectivity index (χ2v) is 5.71. The standard InChI is InChI=1S/C18H22O2/c1-18(2,20)17(12-13-19)16-10-8-15(9-11-16)14-6-4-3-5-7-14/h3-11,17,19-20H,12-13H2,1-2H3. The van der Waals surface area contributed by atoms with Crippen molar-refractivity contribution in [1.29, 1.82) is 0 Å². The zero-order valence-corrected chi connectivity index (χ0v) is 12.1. The van der Waals surface area contributed by atoms with E-state index in [9.17, 15) is 10.2 Å². The molecule has 0 aliphatic heterocycles. The minimum atomic E-state index is -0.836. The molecule has 0 bridgehead atoms. The summed E-state index contributed by atoms with van der Waals surface area (Å²) in [5.74, 6) is -0.0580. The molecule has 20 heavy (non-hydrogen) atoms. The third-order valence-electron chi connectivity index (χ3n) is 3.69. The average molecular weight is 270 g/mol. The molecule has 0 fully saturated rings. The summed E-state index contributed by atoms with van der Waals surface area (Å²) in [6, 6.07) is 18.4. The molecular weight excluding hydrogens is 248 g/mol. The Morgan fingerprint density at radius 3 is 1.95 bits per heavy atom. The minimum Gasteiger partial charge on any atom is -0.396 e. The fourth-order valence-corrected chi connectivity index (χ4v) is 2.60. The lowest BCUT2D eigenvalue weighted by Crippen LogP contribution is -2.29. The summed E-state index contributed by atoms with van der Waals surface area (Å²) in [6.45, 7) is 3.66. The van der Waals surface area contributed by atoms with Gasteiger partial charge in [-0.3, -0.25) is 0 Å². The molecule has 2 heteroatoms. The number of benzene rings is 2. The molecule has 0 saturated heterocycles. The number of rotatable bonds is 5. The van der Waals surface area contributed by atoms with E-state index in [2.05, 4.69) is 24.3 Å². The smallest absolute Gasteiger partial charge is 0.0660 e. The number of aliphatic hydroxyl groups excluding tert-OH is 1. The van der Waals surface area contributed by atoms with Crippen LogP contribution in [-0.4, -0.2) is 22.4 Å². The maximum absolute atomic E-state index is 10.2. The van der Waals surface area contributed by atoms with Gasteiger partial charge in [0.1, 0.15) is 0 Å². The topological polar surface area (TPSA) is 40.5 Å². The largest absolute Gasteiger partial charge is 0.396 e. The minimum absolute atomic E-state index is 0.0580. The average Bonchev–Trinajstić information content (AvgIpc) is 2.45. The number of aliphatic hydroxyl groups is 2. The van der Waals surface area contributed by atoms with Gasteiger partial charge in [-0.05, 0) is 37.0 Å². The summed E-state index contributed by atoms with van der Waals surface area (Å²) >= 11 is 0. The molecule has 0 aromatic heterocycles. The fraction of sp³-hybridized carbons (Fsp3) is 0.333. The second-order valence-electron chi connectivity index (χ2n) is 5.71. The van der Waals surface area contributed by atoms with Gasteiger partial charge in [-0.15, -0.1) is 0 Å². The molecule has 0 radical (unpaired) electrons. The number of hydrogen-bond donors (Lipinski definition) is 2. The van der Waals surface area contributed by atoms with E-state index in [0.717, 1.165) is 11.1 Å². The third kappa shape index (κ3) is 3.47. The van der Waals surface area contributed by atoms with E-state index in [1.165, 1.54) is 5.56 Å². The quantitative estimate of drug-likeness (QED) is 0.871. The van der Waals surface area contributed by atoms with Crippen molar-refractivity contribution >= 4 is 0 Å². The highest BCUT2D eigenvalue weighted by Gasteiger charge is 2.27. The van der Waals surface area contributed by atoms with Gasteiger partial charge in [0.15, 0.2) is 0 Å². The van der Waals surface area contributed by atoms with Crippen molar-refractivity contribution in [3.8, 4) is 11.1 Å². The van der Waals surface area contributed by atoms with Crippen LogP contribution in [0.3, 0.4) is 0 Å². The Hall–Kier alpha value is -1.64. The van der Waals surface area contributed by atoms with Crippen LogP contribution in [0, 0.1) is 0 Å². The van der Waals surface area contributed by atoms with Crippen molar-refractivity contribution in [2.24, 2.45) is 0 Å². The molecule has 0 aliphatic rings. The molecule has 0 heterocycles. The summed E-state index contributed by atoms with van der Waals surface area (Å²) in [7, 11) is 0. The van der Waals surface area contributed by atoms with Gasteiger partial charge >= 0.3 is 0 Å². The van der Waals surface area contributed by atoms with Crippen LogP contribution in [0.1, 0.15) is 31.7 Å². The van der Waals surface area contributed by atoms with Gasteiger partial charge in [0.25, 0.3) is 0 Å². The van der Waals surface area contributed by atoms with Crippen molar-refractivity contribution in [3.05, 3.63) is 60.2 Å². The Labute approximate surface area is 120 Å². The van der Waals surface area contributed by atoms with Crippen LogP contribution < -0.4 is 0 Å². The summed E-state index contributed by atoms with van der Waals surface area (Å²) in [5.41, 5.74) is 2.57. The molecule has 2 nitrogen and oxygen atoms in total. The molecule has 0 saturated carbocycles. The van der Waals surface area contributed by atoms with Crippen LogP contribution in [-0.2, 0) is 0 Å². The first kappa shape index (κ1) is 14.8. The van der Waals surface area contributed by atoms with Crippen LogP contribution in [0.15, 0.2) is 54.6 Å². The molecular formula is C18H22O2. The summed E-state index contributed by atoms with van der Waals surface area (Å²) in [6.07, 6.45) is 0.564. The highest BCUT2D eigenvalue weighted by Crippen LogP contribution is 2.32. The first-order valence-corrected chi connectivity index (χ1v) is 7.01. The van der Waals surface area contributed by atoms with Crippen molar-refractivity contribution in [3.63, 3.8) is 0 Å². The molecule has 1 atom stereocenters. The maximum atomic E-state index is 10.2. The Morgan fingerprint density at radius 2 is 1.45 bits per heavy atom. The van der Waals surface area contributed by atoms with Crippen LogP contribution in [0.25, 0.3) is 11.1 Å². The first-order chi connectivity index (χ1) is 9.52. The highest BCUT2D eigenvalue weighted by atomic mass is 16.3. The molecule has 0 spiro atoms. The van der Waals surface area contributed by atoms with Crippen LogP contribution in [0.4, 0.5) is 0 Å². The van der Waals surface area contributed by atoms with Crippen LogP contribution in [0.5, 0.6) is 0 Å². The first-order valence-electron chi connectivity index (χ1n) is 7.01. The predicted molar refractivity (Wildman–Crippen MR) is 82.6 cm³/mol. The number of hydrogen-bond acceptors (Lipinski definition) is 2. The van der Waals surface area contributed by atoms with Crippen LogP contribution >= 0.6 is 0 Å². The molecule has 0 amide bonds. The van der Waals surface area contributed by atoms with Crippen molar-refractivity contribution in [2.45, 2.75) is 31.8 Å². The van der Waals surface area contributed by atoms with Gasteiger partial charge in [-0.1, -0.05) is 54.6 Å². The summed E-state index contributed by atoms with van der Waals surface area (Å²) in [4.78, 5) is 0. The fourth-order valence-electron chi connectivity index (χ4n) is 2.60. The van der Waals surface area contributed by atoms with Crippen LogP contribution in [0.2, 0.25) is 0 Å². The molecule has 2 aromatic rings. The lowest BCUT2D eigenvalue weighted by atomic mass is 9.82. The maximum Gasteiger partial charge on any atom is 0.0660 e. The van der Waals surface area contributed by atoms with Crippen molar-refractivity contribution < 1.29 is 10.2 Å². The lowest BCUT2D eigenvalue weighted by Gasteiger charge is -2.29. The molecule has 2 N–H and O–H groups in total. The van der Waals surface area contributed by atoms with Gasteiger partial charge in [0, 0.05) is 12.5 Å². The Bertz CT molecular complexity index is 524. The van der Waals surface area contributed by atoms with E-state index in [4.69, 9.17) is 0 Å². The monoisotopic (exact) mass is 270 g/mol. The van der Waals surface area contributed by atoms with Gasteiger partial charge in [-0.25, -0.2) is 0 Å². The van der Waals surface area contributed by atoms with Crippen molar-refractivity contribution in [1.82, 2.24) is 0 Å². The third-order valence-corrected chi connectivity index (χ3v) is 3.69. The van der Waals surface area contributed by atoms with Gasteiger partial charge < -0.3 is 10.2 Å².